The van der Waals surface area contributed by atoms with E-state index in [1.807, 2.05) is 66.7 Å². The molecule has 218 valence electrons. The van der Waals surface area contributed by atoms with Crippen molar-refractivity contribution >= 4 is 46.7 Å². The first-order valence-electron chi connectivity index (χ1n) is 13.2. The molecule has 5 aromatic rings. The van der Waals surface area contributed by atoms with E-state index in [0.717, 1.165) is 16.0 Å². The highest BCUT2D eigenvalue weighted by Gasteiger charge is 2.23. The third-order valence-corrected chi connectivity index (χ3v) is 7.11. The molecule has 0 saturated carbocycles. The molecule has 1 unspecified atom stereocenters. The van der Waals surface area contributed by atoms with Crippen molar-refractivity contribution in [3.8, 4) is 0 Å². The van der Waals surface area contributed by atoms with Crippen LogP contribution in [0.1, 0.15) is 23.7 Å². The summed E-state index contributed by atoms with van der Waals surface area (Å²) in [7, 11) is 0. The zero-order valence-electron chi connectivity index (χ0n) is 22.7. The van der Waals surface area contributed by atoms with E-state index in [1.165, 1.54) is 29.0 Å². The number of anilines is 1. The zero-order chi connectivity index (χ0) is 30.0. The van der Waals surface area contributed by atoms with Gasteiger partial charge in [0.15, 0.2) is 5.65 Å². The second-order valence-electron chi connectivity index (χ2n) is 9.25. The van der Waals surface area contributed by atoms with Crippen LogP contribution in [0.15, 0.2) is 108 Å². The van der Waals surface area contributed by atoms with Gasteiger partial charge in [-0.15, -0.1) is 0 Å². The quantitative estimate of drug-likeness (QED) is 0.150. The van der Waals surface area contributed by atoms with Gasteiger partial charge < -0.3 is 25.8 Å². The third kappa shape index (κ3) is 8.07. The molecule has 5 rings (SSSR count). The number of carboxylic acid groups (broad SMARTS) is 1. The molecule has 1 atom stereocenters. The summed E-state index contributed by atoms with van der Waals surface area (Å²) in [5, 5.41) is 18.3. The number of ether oxygens (including phenoxy) is 1. The Hall–Kier alpha value is -5.43. The van der Waals surface area contributed by atoms with E-state index in [1.54, 1.807) is 18.2 Å². The standard InChI is InChI=1S/C30H27N7O5S/c38-25(39)15-24(36-30(41)42-17-21-10-5-2-6-11-21)37-19-34-26-27(37)32-18-33-28(26)43-23-13-7-12-22(14-23)35-29(40)31-16-20-8-3-1-4-9-20/h1-14,18-19,24H,15-17H2,(H,36,41)(H,38,39)(H2,31,35,40). The van der Waals surface area contributed by atoms with Crippen LogP contribution in [-0.4, -0.2) is 42.7 Å². The number of carboxylic acids is 1. The molecule has 0 fully saturated rings. The van der Waals surface area contributed by atoms with Crippen LogP contribution < -0.4 is 16.0 Å². The predicted molar refractivity (Wildman–Crippen MR) is 159 cm³/mol. The van der Waals surface area contributed by atoms with Crippen LogP contribution >= 0.6 is 11.8 Å². The molecule has 3 aromatic carbocycles. The minimum Gasteiger partial charge on any atom is -0.481 e. The number of imidazole rings is 1. The maximum absolute atomic E-state index is 12.5. The van der Waals surface area contributed by atoms with E-state index in [9.17, 15) is 19.5 Å². The van der Waals surface area contributed by atoms with Crippen LogP contribution in [0.25, 0.3) is 11.2 Å². The highest BCUT2D eigenvalue weighted by molar-refractivity contribution is 7.99. The van der Waals surface area contributed by atoms with Gasteiger partial charge in [-0.05, 0) is 29.3 Å². The fraction of sp³-hybridized carbons (Fsp3) is 0.133. The molecule has 0 bridgehead atoms. The second-order valence-corrected chi connectivity index (χ2v) is 10.3. The Morgan fingerprint density at radius 1 is 0.907 bits per heavy atom. The number of carbonyl (C=O) groups is 3. The maximum Gasteiger partial charge on any atom is 0.409 e. The molecule has 4 N–H and O–H groups in total. The number of nitrogens with one attached hydrogen (secondary N) is 3. The molecular formula is C30H27N7O5S. The van der Waals surface area contributed by atoms with Gasteiger partial charge in [0.25, 0.3) is 0 Å². The number of hydrogen-bond donors (Lipinski definition) is 4. The van der Waals surface area contributed by atoms with Gasteiger partial charge in [0.2, 0.25) is 0 Å². The largest absolute Gasteiger partial charge is 0.481 e. The van der Waals surface area contributed by atoms with Crippen molar-refractivity contribution in [2.75, 3.05) is 5.32 Å². The highest BCUT2D eigenvalue weighted by Crippen LogP contribution is 2.32. The molecule has 3 amide bonds. The molecule has 0 aliphatic rings. The Morgan fingerprint density at radius 3 is 2.40 bits per heavy atom. The lowest BCUT2D eigenvalue weighted by Gasteiger charge is -2.18. The topological polar surface area (TPSA) is 160 Å². The minimum absolute atomic E-state index is 0.0305. The second kappa shape index (κ2) is 14.0. The normalized spacial score (nSPS) is 11.4. The molecule has 2 aromatic heterocycles. The summed E-state index contributed by atoms with van der Waals surface area (Å²) in [6.45, 7) is 0.424. The van der Waals surface area contributed by atoms with Gasteiger partial charge in [0.1, 0.15) is 29.6 Å². The van der Waals surface area contributed by atoms with E-state index < -0.39 is 24.6 Å². The molecular weight excluding hydrogens is 570 g/mol. The number of nitrogens with zero attached hydrogens (tertiary/aromatic N) is 4. The van der Waals surface area contributed by atoms with Gasteiger partial charge in [-0.3, -0.25) is 9.36 Å². The van der Waals surface area contributed by atoms with Crippen molar-refractivity contribution in [3.05, 3.63) is 109 Å². The van der Waals surface area contributed by atoms with Gasteiger partial charge in [0.05, 0.1) is 12.7 Å². The van der Waals surface area contributed by atoms with Crippen LogP contribution in [-0.2, 0) is 22.7 Å². The predicted octanol–water partition coefficient (Wildman–Crippen LogP) is 5.20. The molecule has 13 heteroatoms. The first kappa shape index (κ1) is 29.1. The summed E-state index contributed by atoms with van der Waals surface area (Å²) in [6, 6.07) is 25.6. The maximum atomic E-state index is 12.5. The van der Waals surface area contributed by atoms with Gasteiger partial charge in [-0.1, -0.05) is 78.5 Å². The summed E-state index contributed by atoms with van der Waals surface area (Å²) in [5.41, 5.74) is 3.12. The van der Waals surface area contributed by atoms with Crippen molar-refractivity contribution in [2.24, 2.45) is 0 Å². The molecule has 0 radical (unpaired) electrons. The van der Waals surface area contributed by atoms with Crippen LogP contribution in [0.4, 0.5) is 15.3 Å². The molecule has 2 heterocycles. The average Bonchev–Trinajstić information content (AvgIpc) is 3.45. The van der Waals surface area contributed by atoms with Crippen LogP contribution in [0.5, 0.6) is 0 Å². The lowest BCUT2D eigenvalue weighted by atomic mass is 10.2. The Balaban J connectivity index is 1.27. The van der Waals surface area contributed by atoms with E-state index in [0.29, 0.717) is 28.4 Å². The number of urea groups is 1. The number of rotatable bonds is 11. The number of carbonyl (C=O) groups excluding carboxylic acids is 2. The molecule has 43 heavy (non-hydrogen) atoms. The van der Waals surface area contributed by atoms with E-state index in [2.05, 4.69) is 30.9 Å². The SMILES string of the molecule is O=C(O)CC(NC(=O)OCc1ccccc1)n1cnc2c(Sc3cccc(NC(=O)NCc4ccccc4)c3)ncnc21. The monoisotopic (exact) mass is 597 g/mol. The van der Waals surface area contributed by atoms with Crippen LogP contribution in [0, 0.1) is 0 Å². The Labute approximate surface area is 250 Å². The first-order chi connectivity index (χ1) is 20.9. The summed E-state index contributed by atoms with van der Waals surface area (Å²) in [4.78, 5) is 50.5. The fourth-order valence-electron chi connectivity index (χ4n) is 4.12. The third-order valence-electron chi connectivity index (χ3n) is 6.13. The molecule has 0 aliphatic carbocycles. The van der Waals surface area contributed by atoms with Crippen LogP contribution in [0.3, 0.4) is 0 Å². The number of benzene rings is 3. The number of aliphatic carboxylic acids is 1. The zero-order valence-corrected chi connectivity index (χ0v) is 23.5. The number of alkyl carbamates (subject to hydrolysis) is 1. The van der Waals surface area contributed by atoms with Gasteiger partial charge in [-0.25, -0.2) is 24.5 Å². The van der Waals surface area contributed by atoms with Crippen molar-refractivity contribution in [1.82, 2.24) is 30.2 Å². The molecule has 0 aliphatic heterocycles. The van der Waals surface area contributed by atoms with E-state index in [4.69, 9.17) is 4.74 Å². The Morgan fingerprint density at radius 2 is 1.65 bits per heavy atom. The minimum atomic E-state index is -1.13. The average molecular weight is 598 g/mol. The van der Waals surface area contributed by atoms with Crippen molar-refractivity contribution in [3.63, 3.8) is 0 Å². The Kier molecular flexibility index (Phi) is 9.44. The molecule has 0 spiro atoms. The summed E-state index contributed by atoms with van der Waals surface area (Å²) >= 11 is 1.30. The summed E-state index contributed by atoms with van der Waals surface area (Å²) < 4.78 is 6.75. The number of aromatic nitrogens is 4. The molecule has 12 nitrogen and oxygen atoms in total. The lowest BCUT2D eigenvalue weighted by molar-refractivity contribution is -0.138. The van der Waals surface area contributed by atoms with Crippen molar-refractivity contribution in [2.45, 2.75) is 35.7 Å². The highest BCUT2D eigenvalue weighted by atomic mass is 32.2. The number of hydrogen-bond acceptors (Lipinski definition) is 8. The van der Waals surface area contributed by atoms with E-state index in [-0.39, 0.29) is 12.6 Å². The van der Waals surface area contributed by atoms with Crippen LogP contribution in [0.2, 0.25) is 0 Å². The fourth-order valence-corrected chi connectivity index (χ4v) is 5.02. The number of amides is 3. The summed E-state index contributed by atoms with van der Waals surface area (Å²) in [5.74, 6) is -1.13. The first-order valence-corrected chi connectivity index (χ1v) is 14.0. The summed E-state index contributed by atoms with van der Waals surface area (Å²) in [6.07, 6.45) is 0.522. The van der Waals surface area contributed by atoms with Gasteiger partial charge in [-0.2, -0.15) is 0 Å². The van der Waals surface area contributed by atoms with Crippen molar-refractivity contribution in [1.29, 1.82) is 0 Å². The van der Waals surface area contributed by atoms with Crippen molar-refractivity contribution < 1.29 is 24.2 Å². The number of fused-ring (bicyclic) bond motifs is 1. The van der Waals surface area contributed by atoms with Gasteiger partial charge >= 0.3 is 18.1 Å². The molecule has 0 saturated heterocycles. The smallest absolute Gasteiger partial charge is 0.409 e. The Bertz CT molecular complexity index is 1720. The van der Waals surface area contributed by atoms with E-state index >= 15 is 0 Å². The van der Waals surface area contributed by atoms with Gasteiger partial charge in [0, 0.05) is 17.1 Å². The lowest BCUT2D eigenvalue weighted by Crippen LogP contribution is -2.34.